The zero-order chi connectivity index (χ0) is 10.4. The van der Waals surface area contributed by atoms with Crippen LogP contribution in [0.15, 0.2) is 0 Å². The molecule has 0 aliphatic rings. The average Bonchev–Trinajstić information content (AvgIpc) is 2.11. The van der Waals surface area contributed by atoms with Gasteiger partial charge in [0.25, 0.3) is 0 Å². The van der Waals surface area contributed by atoms with Crippen LogP contribution in [0.4, 0.5) is 4.79 Å². The molecule has 2 amide bonds. The molecule has 2 N–H and O–H groups in total. The first-order valence-corrected chi connectivity index (χ1v) is 4.66. The van der Waals surface area contributed by atoms with E-state index in [1.54, 1.807) is 11.9 Å². The Kier molecular flexibility index (Phi) is 5.46. The van der Waals surface area contributed by atoms with E-state index in [0.717, 1.165) is 0 Å². The van der Waals surface area contributed by atoms with Crippen LogP contribution in [0.5, 0.6) is 0 Å². The second kappa shape index (κ2) is 5.80. The highest BCUT2D eigenvalue weighted by atomic mass is 16.3. The Labute approximate surface area is 79.9 Å². The quantitative estimate of drug-likeness (QED) is 0.681. The molecular weight excluding hydrogens is 168 g/mol. The van der Waals surface area contributed by atoms with Crippen molar-refractivity contribution in [2.45, 2.75) is 26.9 Å². The lowest BCUT2D eigenvalue weighted by atomic mass is 10.1. The van der Waals surface area contributed by atoms with Gasteiger partial charge in [-0.25, -0.2) is 4.79 Å². The van der Waals surface area contributed by atoms with Gasteiger partial charge in [-0.15, -0.1) is 0 Å². The minimum absolute atomic E-state index is 0.137. The van der Waals surface area contributed by atoms with Gasteiger partial charge in [-0.05, 0) is 12.8 Å². The Morgan fingerprint density at radius 3 is 2.46 bits per heavy atom. The second-order valence-corrected chi connectivity index (χ2v) is 3.51. The molecule has 0 saturated heterocycles. The number of amides is 2. The number of urea groups is 1. The summed E-state index contributed by atoms with van der Waals surface area (Å²) in [7, 11) is 1.72. The predicted molar refractivity (Wildman–Crippen MR) is 52.5 cm³/mol. The van der Waals surface area contributed by atoms with Crippen LogP contribution in [0.3, 0.4) is 0 Å². The fraction of sp³-hybridized carbons (Fsp3) is 0.889. The van der Waals surface area contributed by atoms with Gasteiger partial charge in [0.2, 0.25) is 0 Å². The lowest BCUT2D eigenvalue weighted by Crippen LogP contribution is -2.41. The van der Waals surface area contributed by atoms with E-state index >= 15 is 0 Å². The van der Waals surface area contributed by atoms with Crippen molar-refractivity contribution in [3.63, 3.8) is 0 Å². The largest absolute Gasteiger partial charge is 0.391 e. The smallest absolute Gasteiger partial charge is 0.317 e. The standard InChI is InChI=1S/C9H20N2O2/c1-5-11(4)9(13)10-6-8(12)7(2)3/h7-8,12H,5-6H2,1-4H3,(H,10,13). The molecule has 0 heterocycles. The molecule has 0 saturated carbocycles. The fourth-order valence-corrected chi connectivity index (χ4v) is 0.706. The molecule has 4 nitrogen and oxygen atoms in total. The molecule has 1 unspecified atom stereocenters. The van der Waals surface area contributed by atoms with Gasteiger partial charge in [0.05, 0.1) is 6.10 Å². The number of hydrogen-bond donors (Lipinski definition) is 2. The summed E-state index contributed by atoms with van der Waals surface area (Å²) in [6.45, 7) is 6.73. The Morgan fingerprint density at radius 1 is 1.54 bits per heavy atom. The van der Waals surface area contributed by atoms with Gasteiger partial charge < -0.3 is 15.3 Å². The van der Waals surface area contributed by atoms with Crippen LogP contribution in [0.25, 0.3) is 0 Å². The van der Waals surface area contributed by atoms with Gasteiger partial charge in [0, 0.05) is 20.1 Å². The molecule has 4 heteroatoms. The van der Waals surface area contributed by atoms with E-state index in [1.165, 1.54) is 0 Å². The Bertz CT molecular complexity index is 160. The molecule has 1 atom stereocenters. The number of carbonyl (C=O) groups excluding carboxylic acids is 1. The number of nitrogens with one attached hydrogen (secondary N) is 1. The number of aliphatic hydroxyl groups excluding tert-OH is 1. The molecule has 0 aliphatic carbocycles. The molecule has 0 aromatic carbocycles. The van der Waals surface area contributed by atoms with Crippen LogP contribution in [0, 0.1) is 5.92 Å². The number of hydrogen-bond acceptors (Lipinski definition) is 2. The van der Waals surface area contributed by atoms with Crippen molar-refractivity contribution in [3.05, 3.63) is 0 Å². The molecule has 0 aromatic heterocycles. The first-order chi connectivity index (χ1) is 5.99. The van der Waals surface area contributed by atoms with E-state index in [-0.39, 0.29) is 11.9 Å². The highest BCUT2D eigenvalue weighted by Gasteiger charge is 2.11. The molecule has 0 bridgehead atoms. The maximum Gasteiger partial charge on any atom is 0.317 e. The van der Waals surface area contributed by atoms with Gasteiger partial charge in [0.15, 0.2) is 0 Å². The zero-order valence-corrected chi connectivity index (χ0v) is 8.87. The van der Waals surface area contributed by atoms with E-state index in [2.05, 4.69) is 5.32 Å². The van der Waals surface area contributed by atoms with Crippen LogP contribution >= 0.6 is 0 Å². The molecule has 0 aromatic rings. The molecule has 0 aliphatic heterocycles. The summed E-state index contributed by atoms with van der Waals surface area (Å²) >= 11 is 0. The van der Waals surface area contributed by atoms with Gasteiger partial charge in [-0.1, -0.05) is 13.8 Å². The third kappa shape index (κ3) is 4.72. The molecule has 0 fully saturated rings. The minimum Gasteiger partial charge on any atom is -0.391 e. The Balaban J connectivity index is 3.70. The van der Waals surface area contributed by atoms with Gasteiger partial charge in [-0.2, -0.15) is 0 Å². The highest BCUT2D eigenvalue weighted by molar-refractivity contribution is 5.73. The first-order valence-electron chi connectivity index (χ1n) is 4.66. The van der Waals surface area contributed by atoms with Crippen LogP contribution < -0.4 is 5.32 Å². The first kappa shape index (κ1) is 12.2. The summed E-state index contributed by atoms with van der Waals surface area (Å²) in [6.07, 6.45) is -0.464. The van der Waals surface area contributed by atoms with Gasteiger partial charge >= 0.3 is 6.03 Å². The third-order valence-corrected chi connectivity index (χ3v) is 2.05. The summed E-state index contributed by atoms with van der Waals surface area (Å²) < 4.78 is 0. The van der Waals surface area contributed by atoms with Crippen LogP contribution in [0.1, 0.15) is 20.8 Å². The number of rotatable bonds is 4. The molecule has 0 radical (unpaired) electrons. The van der Waals surface area contributed by atoms with Crippen LogP contribution in [-0.2, 0) is 0 Å². The molecule has 0 spiro atoms. The van der Waals surface area contributed by atoms with Gasteiger partial charge in [0.1, 0.15) is 0 Å². The summed E-state index contributed by atoms with van der Waals surface area (Å²) in [5, 5.41) is 12.0. The van der Waals surface area contributed by atoms with Crippen molar-refractivity contribution < 1.29 is 9.90 Å². The summed E-state index contributed by atoms with van der Waals surface area (Å²) in [4.78, 5) is 12.8. The topological polar surface area (TPSA) is 52.6 Å². The van der Waals surface area contributed by atoms with Crippen LogP contribution in [0.2, 0.25) is 0 Å². The van der Waals surface area contributed by atoms with Crippen molar-refractivity contribution in [1.29, 1.82) is 0 Å². The minimum atomic E-state index is -0.464. The Morgan fingerprint density at radius 2 is 2.08 bits per heavy atom. The maximum atomic E-state index is 11.2. The SMILES string of the molecule is CCN(C)C(=O)NCC(O)C(C)C. The fourth-order valence-electron chi connectivity index (χ4n) is 0.706. The van der Waals surface area contributed by atoms with E-state index < -0.39 is 6.10 Å². The Hall–Kier alpha value is -0.770. The summed E-state index contributed by atoms with van der Waals surface area (Å²) in [6, 6.07) is -0.137. The molecule has 13 heavy (non-hydrogen) atoms. The van der Waals surface area contributed by atoms with Crippen molar-refractivity contribution in [2.75, 3.05) is 20.1 Å². The molecular formula is C9H20N2O2. The van der Waals surface area contributed by atoms with Crippen molar-refractivity contribution in [1.82, 2.24) is 10.2 Å². The van der Waals surface area contributed by atoms with Gasteiger partial charge in [-0.3, -0.25) is 0 Å². The third-order valence-electron chi connectivity index (χ3n) is 2.05. The average molecular weight is 188 g/mol. The van der Waals surface area contributed by atoms with Crippen molar-refractivity contribution in [2.24, 2.45) is 5.92 Å². The lowest BCUT2D eigenvalue weighted by molar-refractivity contribution is 0.122. The number of carbonyl (C=O) groups is 1. The normalized spacial score (nSPS) is 12.8. The molecule has 78 valence electrons. The number of aliphatic hydroxyl groups is 1. The van der Waals surface area contributed by atoms with E-state index in [0.29, 0.717) is 13.1 Å². The molecule has 0 rings (SSSR count). The summed E-state index contributed by atoms with van der Waals surface area (Å²) in [5.41, 5.74) is 0. The lowest BCUT2D eigenvalue weighted by Gasteiger charge is -2.19. The van der Waals surface area contributed by atoms with E-state index in [9.17, 15) is 9.90 Å². The summed E-state index contributed by atoms with van der Waals surface area (Å²) in [5.74, 6) is 0.173. The van der Waals surface area contributed by atoms with Crippen molar-refractivity contribution in [3.8, 4) is 0 Å². The van der Waals surface area contributed by atoms with Crippen LogP contribution in [-0.4, -0.2) is 42.3 Å². The van der Waals surface area contributed by atoms with E-state index in [4.69, 9.17) is 0 Å². The van der Waals surface area contributed by atoms with Crippen molar-refractivity contribution >= 4 is 6.03 Å². The predicted octanol–water partition coefficient (Wildman–Crippen LogP) is 0.665. The number of nitrogens with zero attached hydrogens (tertiary/aromatic N) is 1. The zero-order valence-electron chi connectivity index (χ0n) is 8.87. The maximum absolute atomic E-state index is 11.2. The highest BCUT2D eigenvalue weighted by Crippen LogP contribution is 1.98. The monoisotopic (exact) mass is 188 g/mol. The second-order valence-electron chi connectivity index (χ2n) is 3.51. The van der Waals surface area contributed by atoms with E-state index in [1.807, 2.05) is 20.8 Å².